The highest BCUT2D eigenvalue weighted by Crippen LogP contribution is 2.15. The summed E-state index contributed by atoms with van der Waals surface area (Å²) in [5.41, 5.74) is 1.23. The van der Waals surface area contributed by atoms with Crippen LogP contribution in [0.1, 0.15) is 25.8 Å². The summed E-state index contributed by atoms with van der Waals surface area (Å²) in [6.45, 7) is 11.5. The Balaban J connectivity index is 0.00000288. The van der Waals surface area contributed by atoms with Crippen LogP contribution in [0.4, 0.5) is 5.82 Å². The summed E-state index contributed by atoms with van der Waals surface area (Å²) in [4.78, 5) is 13.6. The molecule has 0 spiro atoms. The molecule has 0 unspecified atom stereocenters. The number of halogens is 1. The molecule has 0 radical (unpaired) electrons. The van der Waals surface area contributed by atoms with E-state index in [4.69, 9.17) is 0 Å². The number of anilines is 1. The lowest BCUT2D eigenvalue weighted by Crippen LogP contribution is -2.46. The van der Waals surface area contributed by atoms with E-state index in [1.165, 1.54) is 5.56 Å². The third-order valence-electron chi connectivity index (χ3n) is 4.18. The maximum atomic E-state index is 4.54. The predicted molar refractivity (Wildman–Crippen MR) is 112 cm³/mol. The van der Waals surface area contributed by atoms with E-state index in [1.54, 1.807) is 7.05 Å². The van der Waals surface area contributed by atoms with Gasteiger partial charge in [0.15, 0.2) is 5.96 Å². The van der Waals surface area contributed by atoms with Crippen molar-refractivity contribution < 1.29 is 0 Å². The summed E-state index contributed by atoms with van der Waals surface area (Å²) in [6, 6.07) is 4.24. The Morgan fingerprint density at radius 1 is 1.21 bits per heavy atom. The number of aromatic nitrogens is 1. The van der Waals surface area contributed by atoms with E-state index in [2.05, 4.69) is 56.4 Å². The van der Waals surface area contributed by atoms with E-state index in [0.29, 0.717) is 0 Å². The van der Waals surface area contributed by atoms with E-state index in [-0.39, 0.29) is 24.0 Å². The highest BCUT2D eigenvalue weighted by Gasteiger charge is 2.16. The average Bonchev–Trinajstić information content (AvgIpc) is 2.62. The van der Waals surface area contributed by atoms with Crippen LogP contribution in [0, 0.1) is 0 Å². The van der Waals surface area contributed by atoms with Gasteiger partial charge in [0.05, 0.1) is 0 Å². The van der Waals surface area contributed by atoms with Crippen molar-refractivity contribution in [1.29, 1.82) is 0 Å². The first kappa shape index (κ1) is 21.0. The summed E-state index contributed by atoms with van der Waals surface area (Å²) in [5.74, 6) is 1.93. The normalized spacial score (nSPS) is 15.8. The molecule has 1 aliphatic heterocycles. The molecule has 7 heteroatoms. The summed E-state index contributed by atoms with van der Waals surface area (Å²) in [7, 11) is 1.80. The minimum Gasteiger partial charge on any atom is -0.356 e. The van der Waals surface area contributed by atoms with Gasteiger partial charge in [0, 0.05) is 52.5 Å². The Morgan fingerprint density at radius 3 is 2.58 bits per heavy atom. The van der Waals surface area contributed by atoms with Crippen LogP contribution >= 0.6 is 24.0 Å². The molecule has 1 aromatic heterocycles. The van der Waals surface area contributed by atoms with Gasteiger partial charge >= 0.3 is 0 Å². The lowest BCUT2D eigenvalue weighted by molar-refractivity contribution is 0.270. The van der Waals surface area contributed by atoms with Gasteiger partial charge in [-0.2, -0.15) is 0 Å². The first-order chi connectivity index (χ1) is 11.3. The second-order valence-electron chi connectivity index (χ2n) is 5.80. The van der Waals surface area contributed by atoms with E-state index in [1.807, 2.05) is 6.20 Å². The molecule has 2 heterocycles. The van der Waals surface area contributed by atoms with Crippen molar-refractivity contribution in [3.05, 3.63) is 23.9 Å². The number of piperazine rings is 1. The van der Waals surface area contributed by atoms with E-state index in [9.17, 15) is 0 Å². The van der Waals surface area contributed by atoms with Gasteiger partial charge in [-0.25, -0.2) is 4.98 Å². The quantitative estimate of drug-likeness (QED) is 0.398. The number of nitrogens with zero attached hydrogens (tertiary/aromatic N) is 4. The van der Waals surface area contributed by atoms with Gasteiger partial charge in [-0.15, -0.1) is 24.0 Å². The number of pyridine rings is 1. The lowest BCUT2D eigenvalue weighted by atomic mass is 10.2. The Labute approximate surface area is 163 Å². The number of nitrogens with one attached hydrogen (secondary N) is 2. The third-order valence-corrected chi connectivity index (χ3v) is 4.18. The SMILES string of the molecule is CCCNC(=NC)NCc1ccnc(N2CCN(CC)CC2)c1.I. The molecule has 1 aliphatic rings. The van der Waals surface area contributed by atoms with Crippen LogP contribution in [-0.2, 0) is 6.54 Å². The molecule has 0 atom stereocenters. The highest BCUT2D eigenvalue weighted by molar-refractivity contribution is 14.0. The van der Waals surface area contributed by atoms with Gasteiger partial charge in [-0.1, -0.05) is 13.8 Å². The molecule has 2 N–H and O–H groups in total. The van der Waals surface area contributed by atoms with Gasteiger partial charge in [0.1, 0.15) is 5.82 Å². The molecular formula is C17H31IN6. The fraction of sp³-hybridized carbons (Fsp3) is 0.647. The van der Waals surface area contributed by atoms with Crippen molar-refractivity contribution in [2.75, 3.05) is 51.2 Å². The number of hydrogen-bond acceptors (Lipinski definition) is 4. The Kier molecular flexibility index (Phi) is 10.0. The smallest absolute Gasteiger partial charge is 0.191 e. The van der Waals surface area contributed by atoms with Crippen LogP contribution in [0.2, 0.25) is 0 Å². The molecule has 0 aliphatic carbocycles. The highest BCUT2D eigenvalue weighted by atomic mass is 127. The number of hydrogen-bond donors (Lipinski definition) is 2. The van der Waals surface area contributed by atoms with E-state index in [0.717, 1.165) is 64.0 Å². The minimum atomic E-state index is 0. The van der Waals surface area contributed by atoms with Crippen molar-refractivity contribution in [3.8, 4) is 0 Å². The molecule has 6 nitrogen and oxygen atoms in total. The zero-order chi connectivity index (χ0) is 16.5. The maximum Gasteiger partial charge on any atom is 0.191 e. The topological polar surface area (TPSA) is 55.8 Å². The van der Waals surface area contributed by atoms with Crippen LogP contribution < -0.4 is 15.5 Å². The minimum absolute atomic E-state index is 0. The fourth-order valence-electron chi connectivity index (χ4n) is 2.69. The molecule has 1 aromatic rings. The van der Waals surface area contributed by atoms with Gasteiger partial charge in [0.25, 0.3) is 0 Å². The van der Waals surface area contributed by atoms with Crippen LogP contribution in [0.15, 0.2) is 23.3 Å². The predicted octanol–water partition coefficient (Wildman–Crippen LogP) is 1.92. The van der Waals surface area contributed by atoms with Crippen molar-refractivity contribution in [2.24, 2.45) is 4.99 Å². The van der Waals surface area contributed by atoms with Crippen molar-refractivity contribution in [2.45, 2.75) is 26.8 Å². The molecular weight excluding hydrogens is 415 g/mol. The Hall–Kier alpha value is -1.09. The zero-order valence-electron chi connectivity index (χ0n) is 15.1. The fourth-order valence-corrected chi connectivity index (χ4v) is 2.69. The number of aliphatic imine (C=N–C) groups is 1. The van der Waals surface area contributed by atoms with E-state index >= 15 is 0 Å². The van der Waals surface area contributed by atoms with Crippen molar-refractivity contribution in [3.63, 3.8) is 0 Å². The maximum absolute atomic E-state index is 4.54. The van der Waals surface area contributed by atoms with Crippen molar-refractivity contribution >= 4 is 35.8 Å². The molecule has 0 amide bonds. The molecule has 0 saturated carbocycles. The molecule has 2 rings (SSSR count). The van der Waals surface area contributed by atoms with E-state index < -0.39 is 0 Å². The molecule has 1 fully saturated rings. The molecule has 0 bridgehead atoms. The van der Waals surface area contributed by atoms with Crippen molar-refractivity contribution in [1.82, 2.24) is 20.5 Å². The van der Waals surface area contributed by atoms with Gasteiger partial charge in [-0.3, -0.25) is 4.99 Å². The Bertz CT molecular complexity index is 500. The number of guanidine groups is 1. The van der Waals surface area contributed by atoms with Crippen LogP contribution in [0.5, 0.6) is 0 Å². The average molecular weight is 446 g/mol. The summed E-state index contributed by atoms with van der Waals surface area (Å²) >= 11 is 0. The lowest BCUT2D eigenvalue weighted by Gasteiger charge is -2.34. The molecule has 0 aromatic carbocycles. The summed E-state index contributed by atoms with van der Waals surface area (Å²) < 4.78 is 0. The summed E-state index contributed by atoms with van der Waals surface area (Å²) in [5, 5.41) is 6.64. The first-order valence-electron chi connectivity index (χ1n) is 8.63. The number of rotatable bonds is 6. The molecule has 136 valence electrons. The van der Waals surface area contributed by atoms with Crippen LogP contribution in [0.25, 0.3) is 0 Å². The first-order valence-corrected chi connectivity index (χ1v) is 8.63. The number of likely N-dealkylation sites (N-methyl/N-ethyl adjacent to an activating group) is 1. The summed E-state index contributed by atoms with van der Waals surface area (Å²) in [6.07, 6.45) is 2.99. The zero-order valence-corrected chi connectivity index (χ0v) is 17.4. The monoisotopic (exact) mass is 446 g/mol. The Morgan fingerprint density at radius 2 is 1.96 bits per heavy atom. The van der Waals surface area contributed by atoms with Gasteiger partial charge < -0.3 is 20.4 Å². The van der Waals surface area contributed by atoms with Crippen LogP contribution in [-0.4, -0.2) is 62.2 Å². The molecule has 1 saturated heterocycles. The molecule has 24 heavy (non-hydrogen) atoms. The van der Waals surface area contributed by atoms with Gasteiger partial charge in [0.2, 0.25) is 0 Å². The second kappa shape index (κ2) is 11.5. The van der Waals surface area contributed by atoms with Crippen LogP contribution in [0.3, 0.4) is 0 Å². The standard InChI is InChI=1S/C17H30N6.HI/c1-4-7-20-17(18-3)21-14-15-6-8-19-16(13-15)23-11-9-22(5-2)10-12-23;/h6,8,13H,4-5,7,9-12,14H2,1-3H3,(H2,18,20,21);1H. The van der Waals surface area contributed by atoms with Gasteiger partial charge in [-0.05, 0) is 30.7 Å². The largest absolute Gasteiger partial charge is 0.356 e. The second-order valence-corrected chi connectivity index (χ2v) is 5.80. The third kappa shape index (κ3) is 6.43.